The molecule has 1 aliphatic carbocycles. The van der Waals surface area contributed by atoms with Gasteiger partial charge in [-0.3, -0.25) is 4.79 Å². The van der Waals surface area contributed by atoms with Crippen molar-refractivity contribution in [1.29, 1.82) is 0 Å². The average molecular weight is 282 g/mol. The van der Waals surface area contributed by atoms with Crippen LogP contribution >= 0.6 is 0 Å². The maximum Gasteiger partial charge on any atom is 0.196 e. The van der Waals surface area contributed by atoms with Gasteiger partial charge in [-0.25, -0.2) is 0 Å². The summed E-state index contributed by atoms with van der Waals surface area (Å²) in [6.45, 7) is 1.96. The summed E-state index contributed by atoms with van der Waals surface area (Å²) in [6.07, 6.45) is 2.62. The van der Waals surface area contributed by atoms with E-state index in [1.165, 1.54) is 0 Å². The fourth-order valence-electron chi connectivity index (χ4n) is 2.22. The van der Waals surface area contributed by atoms with Gasteiger partial charge >= 0.3 is 0 Å². The van der Waals surface area contributed by atoms with E-state index in [1.54, 1.807) is 7.11 Å². The number of hydrogen-bond donors (Lipinski definition) is 0. The second-order valence-electron chi connectivity index (χ2n) is 5.37. The van der Waals surface area contributed by atoms with Crippen LogP contribution in [-0.4, -0.2) is 19.0 Å². The van der Waals surface area contributed by atoms with Gasteiger partial charge in [0.25, 0.3) is 0 Å². The Hall–Kier alpha value is -2.29. The van der Waals surface area contributed by atoms with E-state index in [1.807, 2.05) is 49.4 Å². The molecule has 1 fully saturated rings. The Morgan fingerprint density at radius 1 is 1.10 bits per heavy atom. The molecule has 3 nitrogen and oxygen atoms in total. The molecule has 21 heavy (non-hydrogen) atoms. The molecule has 108 valence electrons. The fraction of sp³-hybridized carbons (Fsp3) is 0.278. The van der Waals surface area contributed by atoms with Crippen molar-refractivity contribution in [3.05, 3.63) is 59.2 Å². The van der Waals surface area contributed by atoms with Crippen LogP contribution in [0.1, 0.15) is 34.3 Å². The highest BCUT2D eigenvalue weighted by Gasteiger charge is 2.23. The number of benzene rings is 2. The van der Waals surface area contributed by atoms with Crippen molar-refractivity contribution in [1.82, 2.24) is 0 Å². The quantitative estimate of drug-likeness (QED) is 0.783. The van der Waals surface area contributed by atoms with Gasteiger partial charge in [0, 0.05) is 5.56 Å². The Bertz CT molecular complexity index is 655. The Balaban J connectivity index is 1.85. The van der Waals surface area contributed by atoms with E-state index in [9.17, 15) is 4.79 Å². The van der Waals surface area contributed by atoms with Crippen molar-refractivity contribution in [2.45, 2.75) is 25.9 Å². The first-order valence-electron chi connectivity index (χ1n) is 7.13. The second kappa shape index (κ2) is 5.60. The maximum atomic E-state index is 12.6. The molecular formula is C18H18O3. The standard InChI is InChI=1S/C18H18O3/c1-12-3-10-17(20-2)16(11-12)18(19)13-4-6-14(7-5-13)21-15-8-9-15/h3-7,10-11,15H,8-9H2,1-2H3. The molecule has 0 heterocycles. The first-order valence-corrected chi connectivity index (χ1v) is 7.13. The molecule has 0 saturated heterocycles. The van der Waals surface area contributed by atoms with E-state index in [-0.39, 0.29) is 5.78 Å². The lowest BCUT2D eigenvalue weighted by molar-refractivity contribution is 0.103. The van der Waals surface area contributed by atoms with Crippen LogP contribution in [0.25, 0.3) is 0 Å². The van der Waals surface area contributed by atoms with Gasteiger partial charge in [0.15, 0.2) is 5.78 Å². The minimum atomic E-state index is -0.0338. The van der Waals surface area contributed by atoms with Crippen molar-refractivity contribution in [2.24, 2.45) is 0 Å². The Labute approximate surface area is 124 Å². The van der Waals surface area contributed by atoms with E-state index in [2.05, 4.69) is 0 Å². The first kappa shape index (κ1) is 13.7. The summed E-state index contributed by atoms with van der Waals surface area (Å²) in [7, 11) is 1.58. The van der Waals surface area contributed by atoms with Crippen LogP contribution in [0, 0.1) is 6.92 Å². The molecule has 3 heteroatoms. The van der Waals surface area contributed by atoms with E-state index in [0.717, 1.165) is 24.2 Å². The molecule has 0 radical (unpaired) electrons. The van der Waals surface area contributed by atoms with Crippen molar-refractivity contribution in [3.63, 3.8) is 0 Å². The lowest BCUT2D eigenvalue weighted by Gasteiger charge is -2.09. The summed E-state index contributed by atoms with van der Waals surface area (Å²) in [6, 6.07) is 12.9. The van der Waals surface area contributed by atoms with Gasteiger partial charge in [-0.1, -0.05) is 11.6 Å². The molecule has 0 amide bonds. The van der Waals surface area contributed by atoms with Crippen molar-refractivity contribution < 1.29 is 14.3 Å². The summed E-state index contributed by atoms with van der Waals surface area (Å²) in [5, 5.41) is 0. The highest BCUT2D eigenvalue weighted by Crippen LogP contribution is 2.28. The summed E-state index contributed by atoms with van der Waals surface area (Å²) >= 11 is 0. The van der Waals surface area contributed by atoms with Crippen LogP contribution in [0.15, 0.2) is 42.5 Å². The SMILES string of the molecule is COc1ccc(C)cc1C(=O)c1ccc(OC2CC2)cc1. The average Bonchev–Trinajstić information content (AvgIpc) is 3.31. The van der Waals surface area contributed by atoms with E-state index in [4.69, 9.17) is 9.47 Å². The third-order valence-electron chi connectivity index (χ3n) is 3.54. The lowest BCUT2D eigenvalue weighted by Crippen LogP contribution is -2.05. The van der Waals surface area contributed by atoms with Crippen molar-refractivity contribution in [3.8, 4) is 11.5 Å². The van der Waals surface area contributed by atoms with Crippen LogP contribution in [-0.2, 0) is 0 Å². The van der Waals surface area contributed by atoms with Crippen molar-refractivity contribution in [2.75, 3.05) is 7.11 Å². The van der Waals surface area contributed by atoms with Crippen molar-refractivity contribution >= 4 is 5.78 Å². The molecular weight excluding hydrogens is 264 g/mol. The number of aryl methyl sites for hydroxylation is 1. The second-order valence-corrected chi connectivity index (χ2v) is 5.37. The molecule has 0 N–H and O–H groups in total. The number of ether oxygens (including phenoxy) is 2. The van der Waals surface area contributed by atoms with Crippen LogP contribution < -0.4 is 9.47 Å². The zero-order chi connectivity index (χ0) is 14.8. The topological polar surface area (TPSA) is 35.5 Å². The number of carbonyl (C=O) groups is 1. The highest BCUT2D eigenvalue weighted by atomic mass is 16.5. The summed E-state index contributed by atoms with van der Waals surface area (Å²) < 4.78 is 11.0. The minimum Gasteiger partial charge on any atom is -0.496 e. The molecule has 0 atom stereocenters. The molecule has 0 unspecified atom stereocenters. The zero-order valence-corrected chi connectivity index (χ0v) is 12.3. The van der Waals surface area contributed by atoms with Gasteiger partial charge in [0.2, 0.25) is 0 Å². The zero-order valence-electron chi connectivity index (χ0n) is 12.3. The molecule has 0 bridgehead atoms. The van der Waals surface area contributed by atoms with E-state index in [0.29, 0.717) is 23.0 Å². The molecule has 2 aromatic rings. The third-order valence-corrected chi connectivity index (χ3v) is 3.54. The summed E-state index contributed by atoms with van der Waals surface area (Å²) in [4.78, 5) is 12.6. The van der Waals surface area contributed by atoms with Crippen LogP contribution in [0.2, 0.25) is 0 Å². The van der Waals surface area contributed by atoms with Gasteiger partial charge in [-0.15, -0.1) is 0 Å². The van der Waals surface area contributed by atoms with Crippen LogP contribution in [0.3, 0.4) is 0 Å². The Morgan fingerprint density at radius 3 is 2.43 bits per heavy atom. The number of methoxy groups -OCH3 is 1. The largest absolute Gasteiger partial charge is 0.496 e. The highest BCUT2D eigenvalue weighted by molar-refractivity contribution is 6.10. The fourth-order valence-corrected chi connectivity index (χ4v) is 2.22. The maximum absolute atomic E-state index is 12.6. The molecule has 0 spiro atoms. The van der Waals surface area contributed by atoms with Gasteiger partial charge in [-0.2, -0.15) is 0 Å². The predicted octanol–water partition coefficient (Wildman–Crippen LogP) is 3.78. The normalized spacial score (nSPS) is 13.8. The van der Waals surface area contributed by atoms with Crippen LogP contribution in [0.4, 0.5) is 0 Å². The number of carbonyl (C=O) groups excluding carboxylic acids is 1. The molecule has 0 aliphatic heterocycles. The molecule has 1 aliphatic rings. The molecule has 0 aromatic heterocycles. The molecule has 1 saturated carbocycles. The predicted molar refractivity (Wildman–Crippen MR) is 81.3 cm³/mol. The van der Waals surface area contributed by atoms with Gasteiger partial charge in [0.1, 0.15) is 11.5 Å². The summed E-state index contributed by atoms with van der Waals surface area (Å²) in [5.41, 5.74) is 2.27. The van der Waals surface area contributed by atoms with Gasteiger partial charge in [-0.05, 0) is 56.2 Å². The first-order chi connectivity index (χ1) is 10.2. The lowest BCUT2D eigenvalue weighted by atomic mass is 10.0. The number of ketones is 1. The van der Waals surface area contributed by atoms with E-state index < -0.39 is 0 Å². The number of hydrogen-bond acceptors (Lipinski definition) is 3. The van der Waals surface area contributed by atoms with Crippen LogP contribution in [0.5, 0.6) is 11.5 Å². The third kappa shape index (κ3) is 3.07. The monoisotopic (exact) mass is 282 g/mol. The van der Waals surface area contributed by atoms with E-state index >= 15 is 0 Å². The smallest absolute Gasteiger partial charge is 0.196 e. The summed E-state index contributed by atoms with van der Waals surface area (Å²) in [5.74, 6) is 1.39. The van der Waals surface area contributed by atoms with Gasteiger partial charge in [0.05, 0.1) is 18.8 Å². The van der Waals surface area contributed by atoms with Gasteiger partial charge < -0.3 is 9.47 Å². The molecule has 2 aromatic carbocycles. The Morgan fingerprint density at radius 2 is 1.81 bits per heavy atom. The molecule has 3 rings (SSSR count). The Kier molecular flexibility index (Phi) is 3.65. The minimum absolute atomic E-state index is 0.0338. The number of rotatable bonds is 5.